The number of fused-ring (bicyclic) bond motifs is 1. The third kappa shape index (κ3) is 5.77. The van der Waals surface area contributed by atoms with Crippen molar-refractivity contribution in [2.45, 2.75) is 44.3 Å². The predicted octanol–water partition coefficient (Wildman–Crippen LogP) is 3.95. The average Bonchev–Trinajstić information content (AvgIpc) is 3.25. The molecule has 0 bridgehead atoms. The fourth-order valence-electron chi connectivity index (χ4n) is 4.38. The molecule has 2 amide bonds. The van der Waals surface area contributed by atoms with Crippen LogP contribution in [0.4, 0.5) is 5.00 Å². The van der Waals surface area contributed by atoms with Gasteiger partial charge in [-0.05, 0) is 55.7 Å². The van der Waals surface area contributed by atoms with Crippen molar-refractivity contribution in [3.05, 3.63) is 81.7 Å². The van der Waals surface area contributed by atoms with Gasteiger partial charge in [0.1, 0.15) is 5.00 Å². The van der Waals surface area contributed by atoms with Crippen molar-refractivity contribution >= 4 is 38.2 Å². The fraction of sp³-hybridized carbons (Fsp3) is 0.333. The number of benzene rings is 2. The summed E-state index contributed by atoms with van der Waals surface area (Å²) in [6.45, 7) is 6.12. The summed E-state index contributed by atoms with van der Waals surface area (Å²) in [5.41, 5.74) is 2.69. The molecular formula is C27H32N4O4S2. The second-order valence-corrected chi connectivity index (χ2v) is 12.5. The molecule has 196 valence electrons. The van der Waals surface area contributed by atoms with Crippen molar-refractivity contribution in [1.29, 1.82) is 0 Å². The molecule has 1 aromatic heterocycles. The number of hydrogen-bond donors (Lipinski definition) is 2. The Morgan fingerprint density at radius 3 is 2.35 bits per heavy atom. The van der Waals surface area contributed by atoms with Gasteiger partial charge in [0.2, 0.25) is 10.0 Å². The maximum Gasteiger partial charge on any atom is 0.256 e. The lowest BCUT2D eigenvalue weighted by Crippen LogP contribution is -2.35. The molecule has 0 radical (unpaired) electrons. The van der Waals surface area contributed by atoms with Gasteiger partial charge in [0, 0.05) is 50.2 Å². The molecule has 1 aliphatic heterocycles. The van der Waals surface area contributed by atoms with Crippen LogP contribution in [0.5, 0.6) is 0 Å². The van der Waals surface area contributed by atoms with Crippen LogP contribution < -0.4 is 10.6 Å². The van der Waals surface area contributed by atoms with E-state index < -0.39 is 15.9 Å². The first-order chi connectivity index (χ1) is 17.6. The van der Waals surface area contributed by atoms with Gasteiger partial charge in [0.05, 0.1) is 10.5 Å². The monoisotopic (exact) mass is 540 g/mol. The summed E-state index contributed by atoms with van der Waals surface area (Å²) in [4.78, 5) is 29.3. The summed E-state index contributed by atoms with van der Waals surface area (Å²) in [5, 5.41) is 6.10. The van der Waals surface area contributed by atoms with Crippen LogP contribution in [0.1, 0.15) is 50.6 Å². The first-order valence-corrected chi connectivity index (χ1v) is 14.4. The number of sulfonamides is 1. The highest BCUT2D eigenvalue weighted by Crippen LogP contribution is 2.38. The number of carbonyl (C=O) groups is 2. The fourth-order valence-corrected chi connectivity index (χ4v) is 6.80. The molecule has 10 heteroatoms. The summed E-state index contributed by atoms with van der Waals surface area (Å²) in [6, 6.07) is 15.6. The van der Waals surface area contributed by atoms with Crippen LogP contribution in [-0.2, 0) is 29.5 Å². The zero-order valence-electron chi connectivity index (χ0n) is 21.4. The van der Waals surface area contributed by atoms with E-state index in [-0.39, 0.29) is 17.3 Å². The highest BCUT2D eigenvalue weighted by atomic mass is 32.2. The average molecular weight is 541 g/mol. The van der Waals surface area contributed by atoms with Crippen molar-refractivity contribution in [2.75, 3.05) is 26.0 Å². The maximum absolute atomic E-state index is 13.1. The van der Waals surface area contributed by atoms with E-state index >= 15 is 0 Å². The van der Waals surface area contributed by atoms with Crippen molar-refractivity contribution in [3.8, 4) is 0 Å². The molecule has 2 N–H and O–H groups in total. The van der Waals surface area contributed by atoms with E-state index in [1.54, 1.807) is 7.05 Å². The Bertz CT molecular complexity index is 1380. The van der Waals surface area contributed by atoms with Gasteiger partial charge in [0.15, 0.2) is 0 Å². The standard InChI is InChI=1S/C27H32N4O4S2/c1-18(2)31-15-14-22-23(17-31)36-27(24(22)26(33)28-3)29-25(32)20-10-12-21(13-11-20)37(34,35)30(4)16-19-8-6-5-7-9-19/h5-13,18H,14-17H2,1-4H3,(H,28,33)(H,29,32). The lowest BCUT2D eigenvalue weighted by molar-refractivity contribution is 0.0962. The van der Waals surface area contributed by atoms with Gasteiger partial charge in [-0.3, -0.25) is 14.5 Å². The maximum atomic E-state index is 13.1. The lowest BCUT2D eigenvalue weighted by Gasteiger charge is -2.30. The largest absolute Gasteiger partial charge is 0.355 e. The van der Waals surface area contributed by atoms with Gasteiger partial charge in [-0.25, -0.2) is 8.42 Å². The molecule has 4 rings (SSSR count). The van der Waals surface area contributed by atoms with Gasteiger partial charge < -0.3 is 10.6 Å². The second-order valence-electron chi connectivity index (χ2n) is 9.33. The van der Waals surface area contributed by atoms with Gasteiger partial charge in [0.25, 0.3) is 11.8 Å². The van der Waals surface area contributed by atoms with Crippen LogP contribution in [0, 0.1) is 0 Å². The molecule has 0 saturated carbocycles. The molecule has 2 heterocycles. The molecule has 0 saturated heterocycles. The van der Waals surface area contributed by atoms with Crippen molar-refractivity contribution in [2.24, 2.45) is 0 Å². The van der Waals surface area contributed by atoms with Gasteiger partial charge in [-0.1, -0.05) is 30.3 Å². The third-order valence-electron chi connectivity index (χ3n) is 6.57. The van der Waals surface area contributed by atoms with E-state index in [4.69, 9.17) is 0 Å². The summed E-state index contributed by atoms with van der Waals surface area (Å²) in [7, 11) is -0.620. The summed E-state index contributed by atoms with van der Waals surface area (Å²) in [6.07, 6.45) is 0.742. The first kappa shape index (κ1) is 27.0. The molecule has 8 nitrogen and oxygen atoms in total. The molecule has 0 unspecified atom stereocenters. The van der Waals surface area contributed by atoms with Crippen LogP contribution in [-0.4, -0.2) is 56.1 Å². The SMILES string of the molecule is CNC(=O)c1c(NC(=O)c2ccc(S(=O)(=O)N(C)Cc3ccccc3)cc2)sc2c1CCN(C(C)C)C2. The van der Waals surface area contributed by atoms with E-state index in [1.165, 1.54) is 47.0 Å². The normalized spacial score (nSPS) is 14.0. The Kier molecular flexibility index (Phi) is 8.13. The molecule has 37 heavy (non-hydrogen) atoms. The number of anilines is 1. The molecule has 3 aromatic rings. The lowest BCUT2D eigenvalue weighted by atomic mass is 10.0. The number of carbonyl (C=O) groups excluding carboxylic acids is 2. The highest BCUT2D eigenvalue weighted by Gasteiger charge is 2.29. The Hall–Kier alpha value is -3.05. The molecule has 0 aliphatic carbocycles. The van der Waals surface area contributed by atoms with Gasteiger partial charge in [-0.2, -0.15) is 4.31 Å². The number of hydrogen-bond acceptors (Lipinski definition) is 6. The smallest absolute Gasteiger partial charge is 0.256 e. The van der Waals surface area contributed by atoms with Gasteiger partial charge >= 0.3 is 0 Å². The van der Waals surface area contributed by atoms with Crippen molar-refractivity contribution in [3.63, 3.8) is 0 Å². The van der Waals surface area contributed by atoms with E-state index in [1.807, 2.05) is 30.3 Å². The zero-order valence-corrected chi connectivity index (χ0v) is 23.1. The first-order valence-electron chi connectivity index (χ1n) is 12.1. The van der Waals surface area contributed by atoms with Gasteiger partial charge in [-0.15, -0.1) is 11.3 Å². The Labute approximate surface area is 222 Å². The molecule has 0 spiro atoms. The molecule has 2 aromatic carbocycles. The zero-order chi connectivity index (χ0) is 26.7. The van der Waals surface area contributed by atoms with Crippen molar-refractivity contribution < 1.29 is 18.0 Å². The predicted molar refractivity (Wildman–Crippen MR) is 146 cm³/mol. The quantitative estimate of drug-likeness (QED) is 0.451. The minimum Gasteiger partial charge on any atom is -0.355 e. The number of nitrogens with zero attached hydrogens (tertiary/aromatic N) is 2. The molecular weight excluding hydrogens is 508 g/mol. The highest BCUT2D eigenvalue weighted by molar-refractivity contribution is 7.89. The molecule has 1 aliphatic rings. The summed E-state index contributed by atoms with van der Waals surface area (Å²) < 4.78 is 27.3. The number of nitrogens with one attached hydrogen (secondary N) is 2. The number of thiophene rings is 1. The Balaban J connectivity index is 1.53. The van der Waals surface area contributed by atoms with Crippen LogP contribution in [0.15, 0.2) is 59.5 Å². The Morgan fingerprint density at radius 2 is 1.73 bits per heavy atom. The van der Waals surface area contributed by atoms with E-state index in [2.05, 4.69) is 29.4 Å². The molecule has 0 fully saturated rings. The second kappa shape index (κ2) is 11.1. The van der Waals surface area contributed by atoms with Crippen LogP contribution >= 0.6 is 11.3 Å². The van der Waals surface area contributed by atoms with E-state index in [0.717, 1.165) is 35.5 Å². The van der Waals surface area contributed by atoms with Crippen LogP contribution in [0.3, 0.4) is 0 Å². The third-order valence-corrected chi connectivity index (χ3v) is 9.52. The minimum absolute atomic E-state index is 0.105. The van der Waals surface area contributed by atoms with Crippen molar-refractivity contribution in [1.82, 2.24) is 14.5 Å². The van der Waals surface area contributed by atoms with Crippen LogP contribution in [0.2, 0.25) is 0 Å². The van der Waals surface area contributed by atoms with E-state index in [0.29, 0.717) is 22.2 Å². The summed E-state index contributed by atoms with van der Waals surface area (Å²) in [5.74, 6) is -0.625. The minimum atomic E-state index is -3.73. The number of amides is 2. The molecule has 0 atom stereocenters. The van der Waals surface area contributed by atoms with Crippen LogP contribution in [0.25, 0.3) is 0 Å². The summed E-state index contributed by atoms with van der Waals surface area (Å²) >= 11 is 1.43. The van der Waals surface area contributed by atoms with E-state index in [9.17, 15) is 18.0 Å². The topological polar surface area (TPSA) is 98.8 Å². The number of rotatable bonds is 8. The Morgan fingerprint density at radius 1 is 1.05 bits per heavy atom.